The molecular weight excluding hydrogens is 478 g/mol. The van der Waals surface area contributed by atoms with Crippen molar-refractivity contribution >= 4 is 27.3 Å². The number of nitrogens with zero attached hydrogens (tertiary/aromatic N) is 2. The third-order valence-electron chi connectivity index (χ3n) is 5.67. The van der Waals surface area contributed by atoms with Gasteiger partial charge < -0.3 is 9.47 Å². The fraction of sp³-hybridized carbons (Fsp3) is 0.259. The van der Waals surface area contributed by atoms with Crippen molar-refractivity contribution in [3.63, 3.8) is 0 Å². The number of hydrogen-bond donors (Lipinski definition) is 1. The SMILES string of the molecule is COc1ccc(/C(C)=N\NC(=O)CN(c2ccc(C)cc2C)S(=O)(=O)c2ccc(C)cc2)cc1OC. The lowest BCUT2D eigenvalue weighted by atomic mass is 10.1. The molecule has 0 radical (unpaired) electrons. The molecule has 0 aliphatic carbocycles. The summed E-state index contributed by atoms with van der Waals surface area (Å²) in [5, 5.41) is 4.17. The zero-order valence-electron chi connectivity index (χ0n) is 21.3. The molecule has 0 spiro atoms. The van der Waals surface area contributed by atoms with Crippen LogP contribution >= 0.6 is 0 Å². The second-order valence-electron chi connectivity index (χ2n) is 8.42. The fourth-order valence-corrected chi connectivity index (χ4v) is 5.15. The fourth-order valence-electron chi connectivity index (χ4n) is 3.66. The summed E-state index contributed by atoms with van der Waals surface area (Å²) in [7, 11) is -0.935. The smallest absolute Gasteiger partial charge is 0.264 e. The van der Waals surface area contributed by atoms with Crippen molar-refractivity contribution in [2.24, 2.45) is 5.10 Å². The lowest BCUT2D eigenvalue weighted by Gasteiger charge is -2.25. The van der Waals surface area contributed by atoms with Gasteiger partial charge in [-0.25, -0.2) is 13.8 Å². The number of carbonyl (C=O) groups excluding carboxylic acids is 1. The summed E-state index contributed by atoms with van der Waals surface area (Å²) in [6, 6.07) is 17.2. The zero-order valence-corrected chi connectivity index (χ0v) is 22.1. The highest BCUT2D eigenvalue weighted by molar-refractivity contribution is 7.92. The summed E-state index contributed by atoms with van der Waals surface area (Å²) in [6.45, 7) is 6.91. The van der Waals surface area contributed by atoms with E-state index in [1.807, 2.05) is 32.9 Å². The maximum absolute atomic E-state index is 13.6. The van der Waals surface area contributed by atoms with E-state index >= 15 is 0 Å². The molecule has 3 aromatic rings. The highest BCUT2D eigenvalue weighted by atomic mass is 32.2. The van der Waals surface area contributed by atoms with Crippen molar-refractivity contribution in [1.82, 2.24) is 5.43 Å². The van der Waals surface area contributed by atoms with Gasteiger partial charge in [-0.05, 0) is 69.7 Å². The summed E-state index contributed by atoms with van der Waals surface area (Å²) >= 11 is 0. The van der Waals surface area contributed by atoms with Crippen LogP contribution in [0.5, 0.6) is 11.5 Å². The number of aryl methyl sites for hydroxylation is 3. The molecule has 0 aromatic heterocycles. The number of methoxy groups -OCH3 is 2. The van der Waals surface area contributed by atoms with E-state index in [0.717, 1.165) is 21.0 Å². The quantitative estimate of drug-likeness (QED) is 0.341. The molecule has 1 amide bonds. The normalized spacial score (nSPS) is 11.7. The van der Waals surface area contributed by atoms with Crippen LogP contribution in [0.3, 0.4) is 0 Å². The minimum Gasteiger partial charge on any atom is -0.493 e. The molecule has 0 saturated carbocycles. The summed E-state index contributed by atoms with van der Waals surface area (Å²) in [4.78, 5) is 13.0. The van der Waals surface area contributed by atoms with Crippen molar-refractivity contribution in [1.29, 1.82) is 0 Å². The van der Waals surface area contributed by atoms with E-state index in [-0.39, 0.29) is 4.90 Å². The van der Waals surface area contributed by atoms with Gasteiger partial charge in [-0.15, -0.1) is 0 Å². The molecule has 3 aromatic carbocycles. The number of benzene rings is 3. The van der Waals surface area contributed by atoms with E-state index in [1.54, 1.807) is 62.6 Å². The predicted molar refractivity (Wildman–Crippen MR) is 142 cm³/mol. The van der Waals surface area contributed by atoms with Crippen LogP contribution in [-0.2, 0) is 14.8 Å². The van der Waals surface area contributed by atoms with Gasteiger partial charge in [-0.2, -0.15) is 5.10 Å². The van der Waals surface area contributed by atoms with Gasteiger partial charge in [0.25, 0.3) is 15.9 Å². The Labute approximate surface area is 212 Å². The number of anilines is 1. The summed E-state index contributed by atoms with van der Waals surface area (Å²) in [5.74, 6) is 0.523. The highest BCUT2D eigenvalue weighted by Gasteiger charge is 2.28. The van der Waals surface area contributed by atoms with E-state index in [1.165, 1.54) is 7.11 Å². The number of amides is 1. The van der Waals surface area contributed by atoms with Gasteiger partial charge in [0.1, 0.15) is 6.54 Å². The van der Waals surface area contributed by atoms with Gasteiger partial charge in [-0.1, -0.05) is 35.4 Å². The first kappa shape index (κ1) is 26.7. The number of sulfonamides is 1. The largest absolute Gasteiger partial charge is 0.493 e. The zero-order chi connectivity index (χ0) is 26.5. The minimum atomic E-state index is -4.02. The number of rotatable bonds is 9. The molecule has 0 bridgehead atoms. The maximum atomic E-state index is 13.6. The van der Waals surface area contributed by atoms with Crippen molar-refractivity contribution < 1.29 is 22.7 Å². The summed E-state index contributed by atoms with van der Waals surface area (Å²) in [5.41, 5.74) is 6.80. The van der Waals surface area contributed by atoms with Crippen molar-refractivity contribution in [3.05, 3.63) is 82.9 Å². The molecule has 3 rings (SSSR count). The first-order chi connectivity index (χ1) is 17.1. The van der Waals surface area contributed by atoms with Gasteiger partial charge in [0, 0.05) is 5.56 Å². The van der Waals surface area contributed by atoms with E-state index in [0.29, 0.717) is 28.5 Å². The van der Waals surface area contributed by atoms with Gasteiger partial charge in [-0.3, -0.25) is 9.10 Å². The van der Waals surface area contributed by atoms with Gasteiger partial charge in [0.15, 0.2) is 11.5 Å². The minimum absolute atomic E-state index is 0.103. The standard InChI is InChI=1S/C27H31N3O5S/c1-18-7-11-23(12-8-18)36(32,33)30(24-13-9-19(2)15-20(24)3)17-27(31)29-28-21(4)22-10-14-25(34-5)26(16-22)35-6/h7-16H,17H2,1-6H3,(H,29,31)/b28-21-. The molecule has 1 N–H and O–H groups in total. The summed E-state index contributed by atoms with van der Waals surface area (Å²) in [6.07, 6.45) is 0. The number of nitrogens with one attached hydrogen (secondary N) is 1. The third-order valence-corrected chi connectivity index (χ3v) is 7.44. The number of ether oxygens (including phenoxy) is 2. The van der Waals surface area contributed by atoms with E-state index in [2.05, 4.69) is 10.5 Å². The Kier molecular flexibility index (Phi) is 8.37. The molecule has 0 atom stereocenters. The molecule has 36 heavy (non-hydrogen) atoms. The van der Waals surface area contributed by atoms with Gasteiger partial charge >= 0.3 is 0 Å². The van der Waals surface area contributed by atoms with Crippen LogP contribution in [0, 0.1) is 20.8 Å². The maximum Gasteiger partial charge on any atom is 0.264 e. The second kappa shape index (κ2) is 11.3. The van der Waals surface area contributed by atoms with E-state index in [9.17, 15) is 13.2 Å². The Bertz CT molecular complexity index is 1380. The van der Waals surface area contributed by atoms with Crippen molar-refractivity contribution in [2.45, 2.75) is 32.6 Å². The monoisotopic (exact) mass is 509 g/mol. The molecule has 8 nitrogen and oxygen atoms in total. The number of carbonyl (C=O) groups is 1. The average Bonchev–Trinajstić information content (AvgIpc) is 2.86. The van der Waals surface area contributed by atoms with Crippen LogP contribution in [0.2, 0.25) is 0 Å². The Morgan fingerprint density at radius 3 is 2.14 bits per heavy atom. The predicted octanol–water partition coefficient (Wildman–Crippen LogP) is 4.36. The topological polar surface area (TPSA) is 97.3 Å². The van der Waals surface area contributed by atoms with Crippen LogP contribution in [0.15, 0.2) is 70.7 Å². The van der Waals surface area contributed by atoms with Crippen molar-refractivity contribution in [3.8, 4) is 11.5 Å². The lowest BCUT2D eigenvalue weighted by molar-refractivity contribution is -0.119. The number of hydrazone groups is 1. The van der Waals surface area contributed by atoms with Crippen LogP contribution in [0.4, 0.5) is 5.69 Å². The summed E-state index contributed by atoms with van der Waals surface area (Å²) < 4.78 is 38.9. The van der Waals surface area contributed by atoms with Gasteiger partial charge in [0.2, 0.25) is 0 Å². The Hall–Kier alpha value is -3.85. The average molecular weight is 510 g/mol. The third kappa shape index (κ3) is 6.04. The molecule has 0 fully saturated rings. The lowest BCUT2D eigenvalue weighted by Crippen LogP contribution is -2.40. The molecule has 0 aliphatic heterocycles. The molecule has 0 unspecified atom stereocenters. The van der Waals surface area contributed by atoms with Gasteiger partial charge in [0.05, 0.1) is 30.5 Å². The van der Waals surface area contributed by atoms with Crippen LogP contribution < -0.4 is 19.2 Å². The molecule has 0 saturated heterocycles. The number of hydrogen-bond acceptors (Lipinski definition) is 6. The highest BCUT2D eigenvalue weighted by Crippen LogP contribution is 2.29. The molecule has 0 heterocycles. The molecular formula is C27H31N3O5S. The van der Waals surface area contributed by atoms with E-state index in [4.69, 9.17) is 9.47 Å². The first-order valence-corrected chi connectivity index (χ1v) is 12.7. The van der Waals surface area contributed by atoms with Crippen molar-refractivity contribution in [2.75, 3.05) is 25.1 Å². The Balaban J connectivity index is 1.90. The van der Waals surface area contributed by atoms with E-state index < -0.39 is 22.5 Å². The molecule has 0 aliphatic rings. The first-order valence-electron chi connectivity index (χ1n) is 11.3. The molecule has 190 valence electrons. The van der Waals surface area contributed by atoms with Crippen LogP contribution in [-0.4, -0.2) is 40.8 Å². The second-order valence-corrected chi connectivity index (χ2v) is 10.3. The Morgan fingerprint density at radius 2 is 1.53 bits per heavy atom. The van der Waals surface area contributed by atoms with Crippen LogP contribution in [0.25, 0.3) is 0 Å². The van der Waals surface area contributed by atoms with Crippen LogP contribution in [0.1, 0.15) is 29.2 Å². The Morgan fingerprint density at radius 1 is 0.889 bits per heavy atom. The molecule has 9 heteroatoms.